The minimum absolute atomic E-state index is 0.620. The Hall–Kier alpha value is -0.520. The molecule has 0 heteroatoms. The quantitative estimate of drug-likeness (QED) is 0.486. The van der Waals surface area contributed by atoms with E-state index in [0.29, 0.717) is 11.8 Å². The van der Waals surface area contributed by atoms with E-state index in [0.717, 1.165) is 6.42 Å². The van der Waals surface area contributed by atoms with Gasteiger partial charge in [0.1, 0.15) is 0 Å². The third-order valence-corrected chi connectivity index (χ3v) is 2.55. The molecule has 0 radical (unpaired) electrons. The van der Waals surface area contributed by atoms with Crippen LogP contribution in [0.25, 0.3) is 0 Å². The molecule has 0 bridgehead atoms. The van der Waals surface area contributed by atoms with Gasteiger partial charge in [-0.1, -0.05) is 38.2 Å². The molecule has 1 rings (SSSR count). The third-order valence-electron chi connectivity index (χ3n) is 2.55. The lowest BCUT2D eigenvalue weighted by Gasteiger charge is -2.09. The van der Waals surface area contributed by atoms with Crippen molar-refractivity contribution in [3.8, 4) is 0 Å². The standard InChI is InChI=1S/C10H16/c1-5-10-8(3)6-7(2)9(10)4/h7,10H,3-6H2,1-2H3. The van der Waals surface area contributed by atoms with Crippen LogP contribution in [-0.4, -0.2) is 0 Å². The van der Waals surface area contributed by atoms with Crippen LogP contribution in [-0.2, 0) is 0 Å². The second-order valence-electron chi connectivity index (χ2n) is 3.30. The molecular formula is C10H16. The lowest BCUT2D eigenvalue weighted by Crippen LogP contribution is -1.96. The maximum atomic E-state index is 4.08. The summed E-state index contributed by atoms with van der Waals surface area (Å²) in [6, 6.07) is 0. The molecule has 0 nitrogen and oxygen atoms in total. The van der Waals surface area contributed by atoms with E-state index >= 15 is 0 Å². The highest BCUT2D eigenvalue weighted by molar-refractivity contribution is 5.26. The van der Waals surface area contributed by atoms with Crippen LogP contribution < -0.4 is 0 Å². The minimum atomic E-state index is 0.620. The summed E-state index contributed by atoms with van der Waals surface area (Å²) in [5.74, 6) is 1.30. The van der Waals surface area contributed by atoms with Gasteiger partial charge in [0.05, 0.1) is 0 Å². The Bertz CT molecular complexity index is 165. The lowest BCUT2D eigenvalue weighted by atomic mass is 9.96. The minimum Gasteiger partial charge on any atom is -0.0992 e. The summed E-state index contributed by atoms with van der Waals surface area (Å²) >= 11 is 0. The lowest BCUT2D eigenvalue weighted by molar-refractivity contribution is 0.686. The Morgan fingerprint density at radius 3 is 2.30 bits per heavy atom. The molecule has 56 valence electrons. The molecule has 1 aliphatic rings. The van der Waals surface area contributed by atoms with Crippen molar-refractivity contribution in [2.75, 3.05) is 0 Å². The molecule has 0 N–H and O–H groups in total. The smallest absolute Gasteiger partial charge is 0.000192 e. The van der Waals surface area contributed by atoms with E-state index in [2.05, 4.69) is 27.0 Å². The molecule has 10 heavy (non-hydrogen) atoms. The highest BCUT2D eigenvalue weighted by atomic mass is 14.3. The van der Waals surface area contributed by atoms with E-state index in [9.17, 15) is 0 Å². The summed E-state index contributed by atoms with van der Waals surface area (Å²) in [5, 5.41) is 0. The van der Waals surface area contributed by atoms with Crippen molar-refractivity contribution >= 4 is 0 Å². The molecule has 0 aliphatic heterocycles. The molecule has 0 aromatic rings. The van der Waals surface area contributed by atoms with Crippen molar-refractivity contribution in [3.63, 3.8) is 0 Å². The van der Waals surface area contributed by atoms with Gasteiger partial charge in [-0.25, -0.2) is 0 Å². The van der Waals surface area contributed by atoms with Gasteiger partial charge < -0.3 is 0 Å². The van der Waals surface area contributed by atoms with Crippen molar-refractivity contribution in [1.29, 1.82) is 0 Å². The first-order chi connectivity index (χ1) is 4.66. The summed E-state index contributed by atoms with van der Waals surface area (Å²) in [4.78, 5) is 0. The van der Waals surface area contributed by atoms with Crippen LogP contribution in [0.3, 0.4) is 0 Å². The van der Waals surface area contributed by atoms with Crippen molar-refractivity contribution in [1.82, 2.24) is 0 Å². The summed E-state index contributed by atoms with van der Waals surface area (Å²) < 4.78 is 0. The predicted molar refractivity (Wildman–Crippen MR) is 45.8 cm³/mol. The van der Waals surface area contributed by atoms with E-state index in [1.165, 1.54) is 17.6 Å². The molecular weight excluding hydrogens is 120 g/mol. The highest BCUT2D eigenvalue weighted by Gasteiger charge is 2.26. The molecule has 1 aliphatic carbocycles. The average Bonchev–Trinajstić information content (AvgIpc) is 2.09. The number of rotatable bonds is 1. The molecule has 2 unspecified atom stereocenters. The first-order valence-corrected chi connectivity index (χ1v) is 4.03. The van der Waals surface area contributed by atoms with Gasteiger partial charge in [-0.2, -0.15) is 0 Å². The van der Waals surface area contributed by atoms with E-state index in [4.69, 9.17) is 0 Å². The van der Waals surface area contributed by atoms with Gasteiger partial charge in [-0.3, -0.25) is 0 Å². The van der Waals surface area contributed by atoms with E-state index in [1.54, 1.807) is 0 Å². The second kappa shape index (κ2) is 2.61. The van der Waals surface area contributed by atoms with Crippen LogP contribution in [0.1, 0.15) is 26.7 Å². The maximum Gasteiger partial charge on any atom is 0.000192 e. The van der Waals surface area contributed by atoms with Crippen LogP contribution in [0.2, 0.25) is 0 Å². The van der Waals surface area contributed by atoms with Gasteiger partial charge in [0.15, 0.2) is 0 Å². The fourth-order valence-electron chi connectivity index (χ4n) is 1.82. The van der Waals surface area contributed by atoms with E-state index in [1.807, 2.05) is 0 Å². The van der Waals surface area contributed by atoms with Gasteiger partial charge in [0, 0.05) is 5.92 Å². The zero-order chi connectivity index (χ0) is 7.72. The van der Waals surface area contributed by atoms with Crippen LogP contribution in [0, 0.1) is 11.8 Å². The summed E-state index contributed by atoms with van der Waals surface area (Å²) in [6.45, 7) is 12.6. The van der Waals surface area contributed by atoms with E-state index < -0.39 is 0 Å². The zero-order valence-electron chi connectivity index (χ0n) is 6.98. The first-order valence-electron chi connectivity index (χ1n) is 4.03. The van der Waals surface area contributed by atoms with Crippen LogP contribution >= 0.6 is 0 Å². The van der Waals surface area contributed by atoms with Crippen molar-refractivity contribution < 1.29 is 0 Å². The van der Waals surface area contributed by atoms with Gasteiger partial charge in [0.2, 0.25) is 0 Å². The molecule has 0 spiro atoms. The van der Waals surface area contributed by atoms with Gasteiger partial charge >= 0.3 is 0 Å². The van der Waals surface area contributed by atoms with E-state index in [-0.39, 0.29) is 0 Å². The zero-order valence-corrected chi connectivity index (χ0v) is 6.98. The predicted octanol–water partition coefficient (Wildman–Crippen LogP) is 3.16. The molecule has 0 amide bonds. The van der Waals surface area contributed by atoms with Gasteiger partial charge in [-0.15, -0.1) is 0 Å². The number of hydrogen-bond acceptors (Lipinski definition) is 0. The molecule has 1 fully saturated rings. The monoisotopic (exact) mass is 136 g/mol. The first kappa shape index (κ1) is 7.59. The number of hydrogen-bond donors (Lipinski definition) is 0. The Morgan fingerprint density at radius 2 is 2.10 bits per heavy atom. The van der Waals surface area contributed by atoms with Crippen LogP contribution in [0.4, 0.5) is 0 Å². The van der Waals surface area contributed by atoms with Gasteiger partial charge in [0.25, 0.3) is 0 Å². The maximum absolute atomic E-state index is 4.08. The molecule has 0 saturated heterocycles. The average molecular weight is 136 g/mol. The van der Waals surface area contributed by atoms with Crippen molar-refractivity contribution in [2.45, 2.75) is 26.7 Å². The van der Waals surface area contributed by atoms with Crippen molar-refractivity contribution in [2.24, 2.45) is 11.8 Å². The Balaban J connectivity index is 2.74. The SMILES string of the molecule is C=C1CC(C)C(=C)C1CC. The Labute approximate surface area is 63.6 Å². The molecule has 1 saturated carbocycles. The number of allylic oxidation sites excluding steroid dienone is 2. The third kappa shape index (κ3) is 1.03. The molecule has 0 aromatic heterocycles. The fraction of sp³-hybridized carbons (Fsp3) is 0.600. The summed E-state index contributed by atoms with van der Waals surface area (Å²) in [5.41, 5.74) is 2.78. The summed E-state index contributed by atoms with van der Waals surface area (Å²) in [6.07, 6.45) is 2.35. The fourth-order valence-corrected chi connectivity index (χ4v) is 1.82. The summed E-state index contributed by atoms with van der Waals surface area (Å²) in [7, 11) is 0. The van der Waals surface area contributed by atoms with Gasteiger partial charge in [-0.05, 0) is 18.8 Å². The van der Waals surface area contributed by atoms with Crippen molar-refractivity contribution in [3.05, 3.63) is 24.3 Å². The Kier molecular flexibility index (Phi) is 1.98. The second-order valence-corrected chi connectivity index (χ2v) is 3.30. The Morgan fingerprint density at radius 1 is 1.50 bits per heavy atom. The molecule has 0 aromatic carbocycles. The van der Waals surface area contributed by atoms with Crippen LogP contribution in [0.5, 0.6) is 0 Å². The molecule has 2 atom stereocenters. The highest BCUT2D eigenvalue weighted by Crippen LogP contribution is 2.39. The normalized spacial score (nSPS) is 33.4. The van der Waals surface area contributed by atoms with Crippen LogP contribution in [0.15, 0.2) is 24.3 Å². The topological polar surface area (TPSA) is 0 Å². The largest absolute Gasteiger partial charge is 0.0992 e. The molecule has 0 heterocycles.